The summed E-state index contributed by atoms with van der Waals surface area (Å²) in [6.45, 7) is 3.94. The Balaban J connectivity index is 2.78. The van der Waals surface area contributed by atoms with Gasteiger partial charge in [-0.05, 0) is 0 Å². The molecule has 0 amide bonds. The Labute approximate surface area is 90.2 Å². The number of rotatable bonds is 5. The summed E-state index contributed by atoms with van der Waals surface area (Å²) in [5.41, 5.74) is 0.478. The van der Waals surface area contributed by atoms with Gasteiger partial charge >= 0.3 is 5.97 Å². The minimum atomic E-state index is -0.818. The summed E-state index contributed by atoms with van der Waals surface area (Å²) in [6, 6.07) is 0. The normalized spacial score (nSPS) is 26.0. The van der Waals surface area contributed by atoms with Crippen LogP contribution in [0.15, 0.2) is 0 Å². The zero-order chi connectivity index (χ0) is 11.5. The lowest BCUT2D eigenvalue weighted by Crippen LogP contribution is -2.36. The summed E-state index contributed by atoms with van der Waals surface area (Å²) in [7, 11) is 0. The molecular weight excluding hydrogens is 194 g/mol. The van der Waals surface area contributed by atoms with Crippen molar-refractivity contribution in [1.82, 2.24) is 0 Å². The predicted molar refractivity (Wildman–Crippen MR) is 58.1 cm³/mol. The summed E-state index contributed by atoms with van der Waals surface area (Å²) in [5.74, 6) is -0.818. The van der Waals surface area contributed by atoms with Gasteiger partial charge in [0, 0.05) is 32.1 Å². The van der Waals surface area contributed by atoms with E-state index in [-0.39, 0.29) is 6.42 Å². The highest BCUT2D eigenvalue weighted by Crippen LogP contribution is 2.33. The number of carboxylic acid groups (broad SMARTS) is 1. The van der Waals surface area contributed by atoms with Gasteiger partial charge in [0.2, 0.25) is 0 Å². The molecule has 1 heterocycles. The van der Waals surface area contributed by atoms with Gasteiger partial charge in [0.1, 0.15) is 0 Å². The molecule has 0 saturated heterocycles. The van der Waals surface area contributed by atoms with Gasteiger partial charge in [-0.1, -0.05) is 13.8 Å². The first kappa shape index (κ1) is 12.0. The van der Waals surface area contributed by atoms with Gasteiger partial charge < -0.3 is 10.3 Å². The third-order valence-corrected chi connectivity index (χ3v) is 3.47. The van der Waals surface area contributed by atoms with E-state index in [9.17, 15) is 10.0 Å². The monoisotopic (exact) mass is 213 g/mol. The van der Waals surface area contributed by atoms with E-state index in [2.05, 4.69) is 0 Å². The highest BCUT2D eigenvalue weighted by atomic mass is 16.5. The van der Waals surface area contributed by atoms with E-state index < -0.39 is 11.5 Å². The maximum absolute atomic E-state index is 12.0. The molecule has 86 valence electrons. The van der Waals surface area contributed by atoms with Gasteiger partial charge in [-0.15, -0.1) is 0 Å². The lowest BCUT2D eigenvalue weighted by atomic mass is 9.88. The fourth-order valence-corrected chi connectivity index (χ4v) is 2.30. The average molecular weight is 213 g/mol. The molecule has 0 aromatic heterocycles. The van der Waals surface area contributed by atoms with Crippen LogP contribution in [-0.2, 0) is 4.79 Å². The van der Waals surface area contributed by atoms with Gasteiger partial charge in [0.25, 0.3) is 0 Å². The zero-order valence-corrected chi connectivity index (χ0v) is 9.45. The van der Waals surface area contributed by atoms with Crippen LogP contribution in [0, 0.1) is 5.21 Å². The van der Waals surface area contributed by atoms with Gasteiger partial charge in [-0.3, -0.25) is 4.79 Å². The molecule has 0 bridgehead atoms. The minimum absolute atomic E-state index is 0.0869. The molecule has 1 N–H and O–H groups in total. The number of nitrogens with zero attached hydrogens (tertiary/aromatic N) is 1. The first-order valence-corrected chi connectivity index (χ1v) is 5.59. The molecule has 4 heteroatoms. The van der Waals surface area contributed by atoms with Crippen LogP contribution in [-0.4, -0.2) is 27.1 Å². The van der Waals surface area contributed by atoms with Crippen molar-refractivity contribution in [2.24, 2.45) is 0 Å². The smallest absolute Gasteiger partial charge is 0.303 e. The Morgan fingerprint density at radius 3 is 2.67 bits per heavy atom. The van der Waals surface area contributed by atoms with E-state index in [0.29, 0.717) is 6.42 Å². The largest absolute Gasteiger partial charge is 0.623 e. The number of carboxylic acids is 1. The van der Waals surface area contributed by atoms with Gasteiger partial charge in [-0.2, -0.15) is 0 Å². The Hall–Kier alpha value is -1.06. The van der Waals surface area contributed by atoms with E-state index >= 15 is 0 Å². The molecule has 1 atom stereocenters. The van der Waals surface area contributed by atoms with E-state index in [0.717, 1.165) is 36.1 Å². The molecule has 0 radical (unpaired) electrons. The summed E-state index contributed by atoms with van der Waals surface area (Å²) in [5, 5.41) is 20.7. The number of hydrogen-bond donors (Lipinski definition) is 1. The second-order valence-corrected chi connectivity index (χ2v) is 4.19. The SMILES string of the molecule is CCC1=[N+]([O-])C(CC)(CCC(=O)O)CC1. The van der Waals surface area contributed by atoms with E-state index in [1.165, 1.54) is 0 Å². The highest BCUT2D eigenvalue weighted by Gasteiger charge is 2.43. The standard InChI is InChI=1S/C11H19NO3/c1-3-9-5-7-11(4-2,12(9)15)8-6-10(13)14/h3-8H2,1-2H3,(H,13,14). The van der Waals surface area contributed by atoms with Crippen molar-refractivity contribution in [3.63, 3.8) is 0 Å². The van der Waals surface area contributed by atoms with Crippen molar-refractivity contribution >= 4 is 11.7 Å². The minimum Gasteiger partial charge on any atom is -0.623 e. The van der Waals surface area contributed by atoms with Crippen molar-refractivity contribution in [2.45, 2.75) is 57.9 Å². The number of hydrogen-bond acceptors (Lipinski definition) is 2. The lowest BCUT2D eigenvalue weighted by Gasteiger charge is -2.26. The maximum Gasteiger partial charge on any atom is 0.303 e. The van der Waals surface area contributed by atoms with Gasteiger partial charge in [-0.25, -0.2) is 4.74 Å². The Morgan fingerprint density at radius 2 is 2.27 bits per heavy atom. The lowest BCUT2D eigenvalue weighted by molar-refractivity contribution is -0.544. The fraction of sp³-hybridized carbons (Fsp3) is 0.818. The summed E-state index contributed by atoms with van der Waals surface area (Å²) >= 11 is 0. The fourth-order valence-electron chi connectivity index (χ4n) is 2.30. The zero-order valence-electron chi connectivity index (χ0n) is 9.45. The average Bonchev–Trinajstić information content (AvgIpc) is 2.53. The summed E-state index contributed by atoms with van der Waals surface area (Å²) < 4.78 is 1.09. The van der Waals surface area contributed by atoms with Gasteiger partial charge in [0.05, 0.1) is 6.42 Å². The third kappa shape index (κ3) is 2.30. The Morgan fingerprint density at radius 1 is 1.60 bits per heavy atom. The van der Waals surface area contributed by atoms with Crippen molar-refractivity contribution in [1.29, 1.82) is 0 Å². The first-order valence-electron chi connectivity index (χ1n) is 5.59. The molecule has 4 nitrogen and oxygen atoms in total. The quantitative estimate of drug-likeness (QED) is 0.562. The third-order valence-electron chi connectivity index (χ3n) is 3.47. The molecule has 15 heavy (non-hydrogen) atoms. The topological polar surface area (TPSA) is 63.4 Å². The van der Waals surface area contributed by atoms with E-state index in [1.54, 1.807) is 0 Å². The first-order chi connectivity index (χ1) is 7.05. The highest BCUT2D eigenvalue weighted by molar-refractivity contribution is 5.81. The van der Waals surface area contributed by atoms with Crippen LogP contribution in [0.4, 0.5) is 0 Å². The van der Waals surface area contributed by atoms with Crippen LogP contribution in [0.5, 0.6) is 0 Å². The van der Waals surface area contributed by atoms with Crippen LogP contribution in [0.25, 0.3) is 0 Å². The van der Waals surface area contributed by atoms with Crippen molar-refractivity contribution in [3.05, 3.63) is 5.21 Å². The van der Waals surface area contributed by atoms with Crippen LogP contribution in [0.3, 0.4) is 0 Å². The molecule has 0 aromatic rings. The molecule has 0 fully saturated rings. The molecule has 1 aliphatic heterocycles. The molecule has 0 spiro atoms. The van der Waals surface area contributed by atoms with Crippen molar-refractivity contribution in [2.75, 3.05) is 0 Å². The van der Waals surface area contributed by atoms with Gasteiger partial charge in [0.15, 0.2) is 11.3 Å². The van der Waals surface area contributed by atoms with Crippen molar-refractivity contribution < 1.29 is 14.6 Å². The number of carbonyl (C=O) groups is 1. The second-order valence-electron chi connectivity index (χ2n) is 4.19. The van der Waals surface area contributed by atoms with Crippen LogP contribution in [0.2, 0.25) is 0 Å². The molecular formula is C11H19NO3. The number of aliphatic carboxylic acids is 1. The molecule has 0 aliphatic carbocycles. The summed E-state index contributed by atoms with van der Waals surface area (Å²) in [6.07, 6.45) is 3.69. The van der Waals surface area contributed by atoms with Crippen LogP contribution < -0.4 is 0 Å². The number of hydroxylamine groups is 1. The molecule has 0 aromatic carbocycles. The van der Waals surface area contributed by atoms with E-state index in [4.69, 9.17) is 5.11 Å². The predicted octanol–water partition coefficient (Wildman–Crippen LogP) is 2.16. The molecule has 0 saturated carbocycles. The van der Waals surface area contributed by atoms with Crippen molar-refractivity contribution in [3.8, 4) is 0 Å². The molecule has 1 unspecified atom stereocenters. The van der Waals surface area contributed by atoms with E-state index in [1.807, 2.05) is 13.8 Å². The summed E-state index contributed by atoms with van der Waals surface area (Å²) in [4.78, 5) is 10.5. The Kier molecular flexibility index (Phi) is 3.72. The molecule has 1 aliphatic rings. The van der Waals surface area contributed by atoms with Crippen LogP contribution in [0.1, 0.15) is 52.4 Å². The van der Waals surface area contributed by atoms with Crippen LogP contribution >= 0.6 is 0 Å². The Bertz CT molecular complexity index is 286. The second kappa shape index (κ2) is 4.64. The molecule has 1 rings (SSSR count). The maximum atomic E-state index is 12.0.